The maximum Gasteiger partial charge on any atom is 0.308 e. The largest absolute Gasteiger partial charge is 0.481 e. The fourth-order valence-electron chi connectivity index (χ4n) is 2.23. The second kappa shape index (κ2) is 5.54. The van der Waals surface area contributed by atoms with Gasteiger partial charge < -0.3 is 5.11 Å². The minimum atomic E-state index is -0.817. The van der Waals surface area contributed by atoms with Crippen molar-refractivity contribution in [3.8, 4) is 11.3 Å². The summed E-state index contributed by atoms with van der Waals surface area (Å²) in [7, 11) is 0. The molecule has 0 saturated heterocycles. The zero-order valence-corrected chi connectivity index (χ0v) is 13.3. The van der Waals surface area contributed by atoms with Crippen molar-refractivity contribution >= 4 is 34.0 Å². The molecule has 0 aliphatic carbocycles. The summed E-state index contributed by atoms with van der Waals surface area (Å²) in [5, 5.41) is 8.84. The summed E-state index contributed by atoms with van der Waals surface area (Å²) < 4.78 is 1.91. The summed E-state index contributed by atoms with van der Waals surface area (Å²) in [5.74, 6) is -0.817. The molecule has 3 aromatic rings. The van der Waals surface area contributed by atoms with Gasteiger partial charge in [-0.1, -0.05) is 11.6 Å². The topological polar surface area (TPSA) is 54.6 Å². The van der Waals surface area contributed by atoms with Gasteiger partial charge in [-0.25, -0.2) is 4.98 Å². The predicted molar refractivity (Wildman–Crippen MR) is 86.4 cm³/mol. The van der Waals surface area contributed by atoms with Crippen molar-refractivity contribution in [1.82, 2.24) is 9.38 Å². The summed E-state index contributed by atoms with van der Waals surface area (Å²) in [4.78, 5) is 18.2. The number of nitrogens with zero attached hydrogens (tertiary/aromatic N) is 2. The Balaban J connectivity index is 2.03. The molecule has 0 atom stereocenters. The quantitative estimate of drug-likeness (QED) is 0.745. The number of hydrogen-bond donors (Lipinski definition) is 1. The van der Waals surface area contributed by atoms with Crippen molar-refractivity contribution in [3.63, 3.8) is 0 Å². The molecule has 0 radical (unpaired) electrons. The second-order valence-electron chi connectivity index (χ2n) is 4.79. The number of carboxylic acid groups (broad SMARTS) is 1. The van der Waals surface area contributed by atoms with Crippen LogP contribution in [-0.2, 0) is 11.2 Å². The lowest BCUT2D eigenvalue weighted by Gasteiger charge is -2.05. The van der Waals surface area contributed by atoms with Crippen LogP contribution >= 0.6 is 23.1 Å². The fourth-order valence-corrected chi connectivity index (χ4v) is 3.76. The third-order valence-electron chi connectivity index (χ3n) is 3.16. The van der Waals surface area contributed by atoms with Crippen molar-refractivity contribution in [2.24, 2.45) is 0 Å². The summed E-state index contributed by atoms with van der Waals surface area (Å²) in [6.07, 6.45) is 5.91. The lowest BCUT2D eigenvalue weighted by atomic mass is 10.1. The number of thioether (sulfide) groups is 1. The number of hydrogen-bond acceptors (Lipinski definition) is 4. The molecule has 0 saturated carbocycles. The highest BCUT2D eigenvalue weighted by molar-refractivity contribution is 7.98. The van der Waals surface area contributed by atoms with E-state index in [1.54, 1.807) is 11.8 Å². The van der Waals surface area contributed by atoms with Crippen LogP contribution in [0.3, 0.4) is 0 Å². The smallest absolute Gasteiger partial charge is 0.308 e. The monoisotopic (exact) mass is 318 g/mol. The number of fused-ring (bicyclic) bond motifs is 1. The van der Waals surface area contributed by atoms with Gasteiger partial charge in [0.15, 0.2) is 4.96 Å². The van der Waals surface area contributed by atoms with E-state index < -0.39 is 5.97 Å². The molecule has 2 heterocycles. The first-order valence-electron chi connectivity index (χ1n) is 6.41. The summed E-state index contributed by atoms with van der Waals surface area (Å²) >= 11 is 3.12. The first-order valence-corrected chi connectivity index (χ1v) is 8.45. The molecular weight excluding hydrogens is 304 g/mol. The van der Waals surface area contributed by atoms with Crippen LogP contribution < -0.4 is 0 Å². The summed E-state index contributed by atoms with van der Waals surface area (Å²) in [6.45, 7) is 2.07. The molecule has 21 heavy (non-hydrogen) atoms. The zero-order chi connectivity index (χ0) is 15.0. The van der Waals surface area contributed by atoms with E-state index in [1.807, 2.05) is 16.8 Å². The Morgan fingerprint density at radius 1 is 1.43 bits per heavy atom. The Labute approximate surface area is 130 Å². The van der Waals surface area contributed by atoms with Crippen LogP contribution in [0.5, 0.6) is 0 Å². The van der Waals surface area contributed by atoms with E-state index >= 15 is 0 Å². The Morgan fingerprint density at radius 3 is 2.90 bits per heavy atom. The molecule has 1 N–H and O–H groups in total. The van der Waals surface area contributed by atoms with E-state index in [9.17, 15) is 4.79 Å². The molecule has 0 bridgehead atoms. The van der Waals surface area contributed by atoms with E-state index in [0.29, 0.717) is 0 Å². The number of aryl methyl sites for hydroxylation is 1. The molecular formula is C15H14N2O2S2. The fraction of sp³-hybridized carbons (Fsp3) is 0.200. The van der Waals surface area contributed by atoms with Gasteiger partial charge in [-0.05, 0) is 25.3 Å². The van der Waals surface area contributed by atoms with Crippen molar-refractivity contribution in [2.75, 3.05) is 6.26 Å². The lowest BCUT2D eigenvalue weighted by Crippen LogP contribution is -1.97. The third-order valence-corrected chi connectivity index (χ3v) is 4.95. The molecule has 0 aliphatic rings. The SMILES string of the molecule is CSc1ccc(C)cc1-c1cn2cc(CC(=O)O)sc2n1. The van der Waals surface area contributed by atoms with Gasteiger partial charge in [0.25, 0.3) is 0 Å². The number of carbonyl (C=O) groups is 1. The molecule has 0 aliphatic heterocycles. The van der Waals surface area contributed by atoms with Gasteiger partial charge in [-0.15, -0.1) is 23.1 Å². The number of carboxylic acids is 1. The molecule has 0 fully saturated rings. The molecule has 1 aromatic carbocycles. The Morgan fingerprint density at radius 2 is 2.24 bits per heavy atom. The van der Waals surface area contributed by atoms with E-state index in [4.69, 9.17) is 5.11 Å². The van der Waals surface area contributed by atoms with Crippen molar-refractivity contribution in [3.05, 3.63) is 41.0 Å². The Hall–Kier alpha value is -1.79. The van der Waals surface area contributed by atoms with Crippen LogP contribution in [0, 0.1) is 6.92 Å². The first kappa shape index (κ1) is 14.2. The maximum absolute atomic E-state index is 10.8. The third kappa shape index (κ3) is 2.82. The van der Waals surface area contributed by atoms with Crippen molar-refractivity contribution in [2.45, 2.75) is 18.2 Å². The molecule has 3 rings (SSSR count). The highest BCUT2D eigenvalue weighted by atomic mass is 32.2. The molecule has 0 spiro atoms. The van der Waals surface area contributed by atoms with E-state index in [2.05, 4.69) is 36.4 Å². The van der Waals surface area contributed by atoms with Crippen LogP contribution in [-0.4, -0.2) is 26.7 Å². The van der Waals surface area contributed by atoms with Crippen LogP contribution in [0.25, 0.3) is 16.2 Å². The molecule has 6 heteroatoms. The molecule has 4 nitrogen and oxygen atoms in total. The normalized spacial score (nSPS) is 11.1. The summed E-state index contributed by atoms with van der Waals surface area (Å²) in [6, 6.07) is 6.34. The number of aromatic nitrogens is 2. The average molecular weight is 318 g/mol. The van der Waals surface area contributed by atoms with Gasteiger partial charge in [-0.3, -0.25) is 9.20 Å². The van der Waals surface area contributed by atoms with Crippen molar-refractivity contribution in [1.29, 1.82) is 0 Å². The number of benzene rings is 1. The lowest BCUT2D eigenvalue weighted by molar-refractivity contribution is -0.136. The van der Waals surface area contributed by atoms with Gasteiger partial charge in [0, 0.05) is 27.7 Å². The molecule has 0 unspecified atom stereocenters. The number of rotatable bonds is 4. The molecule has 0 amide bonds. The maximum atomic E-state index is 10.8. The highest BCUT2D eigenvalue weighted by Gasteiger charge is 2.12. The van der Waals surface area contributed by atoms with Gasteiger partial charge in [0.1, 0.15) is 0 Å². The van der Waals surface area contributed by atoms with E-state index in [0.717, 1.165) is 21.1 Å². The van der Waals surface area contributed by atoms with Crippen molar-refractivity contribution < 1.29 is 9.90 Å². The highest BCUT2D eigenvalue weighted by Crippen LogP contribution is 2.32. The predicted octanol–water partition coefficient (Wildman–Crippen LogP) is 3.72. The Kier molecular flexibility index (Phi) is 3.73. The standard InChI is InChI=1S/C15H14N2O2S2/c1-9-3-4-13(20-2)11(5-9)12-8-17-7-10(6-14(18)19)21-15(17)16-12/h3-5,7-8H,6H2,1-2H3,(H,18,19). The first-order chi connectivity index (χ1) is 10.1. The van der Waals surface area contributed by atoms with Gasteiger partial charge in [-0.2, -0.15) is 0 Å². The number of aliphatic carboxylic acids is 1. The van der Waals surface area contributed by atoms with Crippen LogP contribution in [0.2, 0.25) is 0 Å². The Bertz CT molecular complexity index is 789. The van der Waals surface area contributed by atoms with Gasteiger partial charge in [0.2, 0.25) is 0 Å². The minimum Gasteiger partial charge on any atom is -0.481 e. The van der Waals surface area contributed by atoms with Crippen LogP contribution in [0.15, 0.2) is 35.5 Å². The number of thiazole rings is 1. The van der Waals surface area contributed by atoms with Crippen LogP contribution in [0.4, 0.5) is 0 Å². The van der Waals surface area contributed by atoms with Gasteiger partial charge in [0.05, 0.1) is 12.1 Å². The molecule has 2 aromatic heterocycles. The average Bonchev–Trinajstić information content (AvgIpc) is 2.95. The number of imidazole rings is 1. The van der Waals surface area contributed by atoms with E-state index in [1.165, 1.54) is 21.8 Å². The van der Waals surface area contributed by atoms with Gasteiger partial charge >= 0.3 is 5.97 Å². The zero-order valence-electron chi connectivity index (χ0n) is 11.7. The second-order valence-corrected chi connectivity index (χ2v) is 6.73. The van der Waals surface area contributed by atoms with Crippen LogP contribution in [0.1, 0.15) is 10.4 Å². The minimum absolute atomic E-state index is 0.0455. The molecule has 108 valence electrons. The van der Waals surface area contributed by atoms with E-state index in [-0.39, 0.29) is 6.42 Å². The summed E-state index contributed by atoms with van der Waals surface area (Å²) in [5.41, 5.74) is 3.25.